The van der Waals surface area contributed by atoms with E-state index in [9.17, 15) is 14.4 Å². The van der Waals surface area contributed by atoms with Crippen molar-refractivity contribution in [1.29, 1.82) is 0 Å². The molecule has 30 heavy (non-hydrogen) atoms. The van der Waals surface area contributed by atoms with Crippen molar-refractivity contribution in [2.45, 2.75) is 45.6 Å². The van der Waals surface area contributed by atoms with Gasteiger partial charge in [0.2, 0.25) is 5.91 Å². The Morgan fingerprint density at radius 3 is 2.87 bits per heavy atom. The van der Waals surface area contributed by atoms with Crippen LogP contribution in [0.1, 0.15) is 46.0 Å². The minimum Gasteiger partial charge on any atom is -0.360 e. The van der Waals surface area contributed by atoms with Crippen molar-refractivity contribution in [3.63, 3.8) is 0 Å². The summed E-state index contributed by atoms with van der Waals surface area (Å²) in [6.07, 6.45) is 6.85. The standard InChI is InChI=1S/C20H21N5O4S/c1-12-10-16(24-29-12)22-18(27)13-6-5-9-25(19(13)28)11-17(26)23-20-21-14-7-3-2-4-8-15(14)30-20/h5-6,9-10H,2-4,7-8,11H2,1H3,(H,21,23,26)(H,22,24,27). The molecule has 0 radical (unpaired) electrons. The van der Waals surface area contributed by atoms with Crippen LogP contribution in [0.5, 0.6) is 0 Å². The highest BCUT2D eigenvalue weighted by Gasteiger charge is 2.18. The van der Waals surface area contributed by atoms with Crippen LogP contribution >= 0.6 is 11.3 Å². The first-order valence-corrected chi connectivity index (χ1v) is 10.5. The van der Waals surface area contributed by atoms with Gasteiger partial charge in [0, 0.05) is 17.1 Å². The quantitative estimate of drug-likeness (QED) is 0.604. The molecule has 0 aliphatic heterocycles. The Morgan fingerprint density at radius 2 is 2.07 bits per heavy atom. The summed E-state index contributed by atoms with van der Waals surface area (Å²) in [5.41, 5.74) is 0.402. The minimum absolute atomic E-state index is 0.0908. The number of nitrogens with zero attached hydrogens (tertiary/aromatic N) is 3. The summed E-state index contributed by atoms with van der Waals surface area (Å²) < 4.78 is 6.09. The van der Waals surface area contributed by atoms with Gasteiger partial charge < -0.3 is 19.7 Å². The van der Waals surface area contributed by atoms with E-state index in [1.807, 2.05) is 0 Å². The van der Waals surface area contributed by atoms with Crippen molar-refractivity contribution in [1.82, 2.24) is 14.7 Å². The Bertz CT molecular complexity index is 1120. The van der Waals surface area contributed by atoms with Gasteiger partial charge in [0.15, 0.2) is 10.9 Å². The lowest BCUT2D eigenvalue weighted by atomic mass is 10.2. The van der Waals surface area contributed by atoms with Crippen molar-refractivity contribution < 1.29 is 14.1 Å². The SMILES string of the molecule is Cc1cc(NC(=O)c2cccn(CC(=O)Nc3nc4c(s3)CCCCC4)c2=O)no1. The van der Waals surface area contributed by atoms with Crippen LogP contribution in [0.2, 0.25) is 0 Å². The topological polar surface area (TPSA) is 119 Å². The lowest BCUT2D eigenvalue weighted by Gasteiger charge is -2.07. The molecule has 0 spiro atoms. The fourth-order valence-corrected chi connectivity index (χ4v) is 4.40. The van der Waals surface area contributed by atoms with E-state index in [4.69, 9.17) is 4.52 Å². The average molecular weight is 427 g/mol. The smallest absolute Gasteiger partial charge is 0.263 e. The number of pyridine rings is 1. The Hall–Kier alpha value is -3.27. The molecule has 0 aromatic carbocycles. The number of amides is 2. The molecule has 3 aromatic rings. The van der Waals surface area contributed by atoms with Crippen LogP contribution in [0, 0.1) is 6.92 Å². The lowest BCUT2D eigenvalue weighted by molar-refractivity contribution is -0.116. The number of thiazole rings is 1. The number of hydrogen-bond donors (Lipinski definition) is 2. The molecule has 1 aliphatic carbocycles. The van der Waals surface area contributed by atoms with Gasteiger partial charge in [-0.25, -0.2) is 4.98 Å². The van der Waals surface area contributed by atoms with Crippen LogP contribution in [0.3, 0.4) is 0 Å². The van der Waals surface area contributed by atoms with Gasteiger partial charge >= 0.3 is 0 Å². The largest absolute Gasteiger partial charge is 0.360 e. The van der Waals surface area contributed by atoms with E-state index in [0.29, 0.717) is 10.9 Å². The number of carbonyl (C=O) groups is 2. The number of aromatic nitrogens is 3. The molecule has 2 N–H and O–H groups in total. The van der Waals surface area contributed by atoms with Gasteiger partial charge in [0.25, 0.3) is 11.5 Å². The first kappa shape index (κ1) is 20.0. The summed E-state index contributed by atoms with van der Waals surface area (Å²) in [6, 6.07) is 4.49. The number of rotatable bonds is 5. The van der Waals surface area contributed by atoms with Gasteiger partial charge in [-0.15, -0.1) is 11.3 Å². The van der Waals surface area contributed by atoms with Gasteiger partial charge in [0.05, 0.1) is 5.69 Å². The third-order valence-corrected chi connectivity index (χ3v) is 5.86. The van der Waals surface area contributed by atoms with Crippen LogP contribution in [0.25, 0.3) is 0 Å². The third-order valence-electron chi connectivity index (χ3n) is 4.79. The van der Waals surface area contributed by atoms with Gasteiger partial charge in [-0.3, -0.25) is 14.4 Å². The maximum Gasteiger partial charge on any atom is 0.263 e. The van der Waals surface area contributed by atoms with Gasteiger partial charge in [-0.1, -0.05) is 11.6 Å². The molecular formula is C20H21N5O4S. The Kier molecular flexibility index (Phi) is 5.75. The summed E-state index contributed by atoms with van der Waals surface area (Å²) in [6.45, 7) is 1.48. The van der Waals surface area contributed by atoms with Crippen molar-refractivity contribution in [3.05, 3.63) is 56.6 Å². The number of aryl methyl sites for hydroxylation is 3. The molecule has 0 bridgehead atoms. The first-order valence-electron chi connectivity index (χ1n) is 9.72. The predicted octanol–water partition coefficient (Wildman–Crippen LogP) is 2.76. The summed E-state index contributed by atoms with van der Waals surface area (Å²) >= 11 is 1.49. The van der Waals surface area contributed by atoms with Crippen molar-refractivity contribution >= 4 is 34.1 Å². The van der Waals surface area contributed by atoms with Crippen LogP contribution in [0.15, 0.2) is 33.7 Å². The van der Waals surface area contributed by atoms with Crippen molar-refractivity contribution in [2.75, 3.05) is 10.6 Å². The zero-order valence-corrected chi connectivity index (χ0v) is 17.3. The highest BCUT2D eigenvalue weighted by atomic mass is 32.1. The Labute approximate surface area is 176 Å². The number of hydrogen-bond acceptors (Lipinski definition) is 7. The fraction of sp³-hybridized carbons (Fsp3) is 0.350. The number of anilines is 2. The number of fused-ring (bicyclic) bond motifs is 1. The van der Waals surface area contributed by atoms with E-state index < -0.39 is 11.5 Å². The molecule has 1 aliphatic rings. The molecule has 4 rings (SSSR count). The predicted molar refractivity (Wildman–Crippen MR) is 112 cm³/mol. The normalized spacial score (nSPS) is 13.4. The molecule has 3 aromatic heterocycles. The highest BCUT2D eigenvalue weighted by Crippen LogP contribution is 2.28. The van der Waals surface area contributed by atoms with E-state index in [2.05, 4.69) is 20.8 Å². The average Bonchev–Trinajstić information content (AvgIpc) is 3.21. The molecule has 0 saturated carbocycles. The zero-order valence-electron chi connectivity index (χ0n) is 16.4. The molecule has 10 heteroatoms. The second kappa shape index (κ2) is 8.62. The molecule has 2 amide bonds. The fourth-order valence-electron chi connectivity index (χ4n) is 3.34. The lowest BCUT2D eigenvalue weighted by Crippen LogP contribution is -2.32. The summed E-state index contributed by atoms with van der Waals surface area (Å²) in [7, 11) is 0. The molecule has 0 saturated heterocycles. The highest BCUT2D eigenvalue weighted by molar-refractivity contribution is 7.15. The van der Waals surface area contributed by atoms with Gasteiger partial charge in [0.1, 0.15) is 17.9 Å². The van der Waals surface area contributed by atoms with E-state index in [0.717, 1.165) is 31.4 Å². The molecule has 0 unspecified atom stereocenters. The summed E-state index contributed by atoms with van der Waals surface area (Å²) in [5.74, 6) is -0.238. The molecule has 156 valence electrons. The van der Waals surface area contributed by atoms with Crippen LogP contribution in [-0.4, -0.2) is 26.5 Å². The Balaban J connectivity index is 1.44. The minimum atomic E-state index is -0.619. The van der Waals surface area contributed by atoms with E-state index in [1.165, 1.54) is 39.5 Å². The first-order chi connectivity index (χ1) is 14.5. The molecule has 9 nitrogen and oxygen atoms in total. The zero-order chi connectivity index (χ0) is 21.1. The van der Waals surface area contributed by atoms with Crippen LogP contribution in [0.4, 0.5) is 10.9 Å². The van der Waals surface area contributed by atoms with E-state index in [-0.39, 0.29) is 23.8 Å². The van der Waals surface area contributed by atoms with Gasteiger partial charge in [-0.2, -0.15) is 0 Å². The molecular weight excluding hydrogens is 406 g/mol. The number of nitrogens with one attached hydrogen (secondary N) is 2. The molecule has 0 atom stereocenters. The van der Waals surface area contributed by atoms with Crippen molar-refractivity contribution in [3.8, 4) is 0 Å². The maximum atomic E-state index is 12.7. The Morgan fingerprint density at radius 1 is 1.23 bits per heavy atom. The summed E-state index contributed by atoms with van der Waals surface area (Å²) in [4.78, 5) is 43.3. The van der Waals surface area contributed by atoms with E-state index >= 15 is 0 Å². The van der Waals surface area contributed by atoms with Gasteiger partial charge in [-0.05, 0) is 44.7 Å². The summed E-state index contributed by atoms with van der Waals surface area (Å²) in [5, 5.41) is 9.51. The maximum absolute atomic E-state index is 12.7. The monoisotopic (exact) mass is 427 g/mol. The number of carbonyl (C=O) groups excluding carboxylic acids is 2. The second-order valence-corrected chi connectivity index (χ2v) is 8.21. The molecule has 3 heterocycles. The van der Waals surface area contributed by atoms with Crippen LogP contribution < -0.4 is 16.2 Å². The van der Waals surface area contributed by atoms with Crippen molar-refractivity contribution in [2.24, 2.45) is 0 Å². The second-order valence-electron chi connectivity index (χ2n) is 7.13. The third kappa shape index (κ3) is 4.48. The molecule has 0 fully saturated rings. The van der Waals surface area contributed by atoms with Crippen LogP contribution in [-0.2, 0) is 24.2 Å². The van der Waals surface area contributed by atoms with E-state index in [1.54, 1.807) is 19.1 Å².